The monoisotopic (exact) mass is 508 g/mol. The van der Waals surface area contributed by atoms with Crippen molar-refractivity contribution in [3.8, 4) is 5.75 Å². The van der Waals surface area contributed by atoms with E-state index in [1.54, 1.807) is 0 Å². The van der Waals surface area contributed by atoms with E-state index >= 15 is 0 Å². The molecule has 38 heavy (non-hydrogen) atoms. The van der Waals surface area contributed by atoms with E-state index in [9.17, 15) is 4.79 Å². The van der Waals surface area contributed by atoms with E-state index < -0.39 is 0 Å². The Morgan fingerprint density at radius 3 is 2.47 bits per heavy atom. The van der Waals surface area contributed by atoms with Crippen LogP contribution in [0.4, 0.5) is 0 Å². The zero-order chi connectivity index (χ0) is 26.6. The number of rotatable bonds is 9. The van der Waals surface area contributed by atoms with Crippen molar-refractivity contribution < 1.29 is 9.53 Å². The van der Waals surface area contributed by atoms with Crippen molar-refractivity contribution in [2.45, 2.75) is 66.0 Å². The van der Waals surface area contributed by atoms with E-state index in [1.165, 1.54) is 39.0 Å². The van der Waals surface area contributed by atoms with Crippen LogP contribution in [0.2, 0.25) is 0 Å². The molecule has 198 valence electrons. The van der Waals surface area contributed by atoms with Gasteiger partial charge in [0.05, 0.1) is 6.61 Å². The zero-order valence-corrected chi connectivity index (χ0v) is 23.3. The van der Waals surface area contributed by atoms with Gasteiger partial charge in [-0.15, -0.1) is 0 Å². The molecule has 3 aromatic rings. The number of nitrogens with zero attached hydrogens (tertiary/aromatic N) is 1. The molecule has 5 rings (SSSR count). The van der Waals surface area contributed by atoms with Gasteiger partial charge in [-0.1, -0.05) is 54.6 Å². The van der Waals surface area contributed by atoms with Gasteiger partial charge in [-0.2, -0.15) is 0 Å². The Hall–Kier alpha value is -3.37. The lowest BCUT2D eigenvalue weighted by molar-refractivity contribution is -0.128. The Kier molecular flexibility index (Phi) is 7.99. The molecule has 0 bridgehead atoms. The van der Waals surface area contributed by atoms with Gasteiger partial charge in [0, 0.05) is 31.1 Å². The van der Waals surface area contributed by atoms with E-state index in [1.807, 2.05) is 0 Å². The number of carbonyl (C=O) groups is 1. The number of carbonyl (C=O) groups excluding carboxylic acids is 1. The summed E-state index contributed by atoms with van der Waals surface area (Å²) in [6.07, 6.45) is 3.93. The molecule has 0 atom stereocenters. The summed E-state index contributed by atoms with van der Waals surface area (Å²) in [6.45, 7) is 11.4. The maximum absolute atomic E-state index is 13.9. The maximum atomic E-state index is 13.9. The van der Waals surface area contributed by atoms with Crippen LogP contribution in [0.5, 0.6) is 5.75 Å². The fraction of sp³-hybridized carbons (Fsp3) is 0.382. The molecule has 0 aromatic heterocycles. The van der Waals surface area contributed by atoms with Gasteiger partial charge in [0.15, 0.2) is 0 Å². The maximum Gasteiger partial charge on any atom is 0.251 e. The number of ether oxygens (including phenoxy) is 1. The van der Waals surface area contributed by atoms with Crippen LogP contribution >= 0.6 is 0 Å². The van der Waals surface area contributed by atoms with Crippen molar-refractivity contribution in [3.05, 3.63) is 105 Å². The number of hydrogen-bond donors (Lipinski definition) is 1. The summed E-state index contributed by atoms with van der Waals surface area (Å²) in [5.74, 6) is 1.17. The number of benzene rings is 3. The van der Waals surface area contributed by atoms with E-state index in [2.05, 4.69) is 98.6 Å². The third-order valence-electron chi connectivity index (χ3n) is 8.04. The summed E-state index contributed by atoms with van der Waals surface area (Å²) < 4.78 is 6.14. The molecule has 0 unspecified atom stereocenters. The Bertz CT molecular complexity index is 1340. The minimum atomic E-state index is 0.194. The number of nitrogens with one attached hydrogen (secondary N) is 1. The topological polar surface area (TPSA) is 41.6 Å². The van der Waals surface area contributed by atoms with Crippen molar-refractivity contribution in [3.63, 3.8) is 0 Å². The molecule has 1 aliphatic carbocycles. The lowest BCUT2D eigenvalue weighted by atomic mass is 9.92. The van der Waals surface area contributed by atoms with E-state index in [0.717, 1.165) is 49.1 Å². The predicted molar refractivity (Wildman–Crippen MR) is 155 cm³/mol. The third-order valence-corrected chi connectivity index (χ3v) is 8.04. The van der Waals surface area contributed by atoms with Crippen LogP contribution in [0.25, 0.3) is 5.57 Å². The van der Waals surface area contributed by atoms with Gasteiger partial charge in [0.2, 0.25) is 0 Å². The van der Waals surface area contributed by atoms with Crippen LogP contribution in [0.3, 0.4) is 0 Å². The molecule has 1 heterocycles. The molecule has 0 radical (unpaired) electrons. The van der Waals surface area contributed by atoms with Crippen molar-refractivity contribution in [2.75, 3.05) is 19.7 Å². The highest BCUT2D eigenvalue weighted by atomic mass is 16.5. The smallest absolute Gasteiger partial charge is 0.251 e. The van der Waals surface area contributed by atoms with Gasteiger partial charge in [-0.25, -0.2) is 0 Å². The first kappa shape index (κ1) is 26.2. The van der Waals surface area contributed by atoms with Crippen molar-refractivity contribution in [1.82, 2.24) is 10.2 Å². The van der Waals surface area contributed by atoms with Gasteiger partial charge in [0.25, 0.3) is 5.91 Å². The second kappa shape index (κ2) is 11.6. The molecule has 1 fully saturated rings. The molecule has 0 spiro atoms. The SMILES string of the molecule is Cc1cc(C)c(C)c(OCCc2ccc(C3=C(C(=O)N(Cc4ccccc4C)C4CC4)CNCC3)cc2)c1. The fourth-order valence-corrected chi connectivity index (χ4v) is 5.41. The van der Waals surface area contributed by atoms with Crippen LogP contribution < -0.4 is 10.1 Å². The lowest BCUT2D eigenvalue weighted by Crippen LogP contribution is -2.39. The molecule has 1 aliphatic heterocycles. The minimum absolute atomic E-state index is 0.194. The van der Waals surface area contributed by atoms with Crippen LogP contribution in [-0.4, -0.2) is 36.5 Å². The fourth-order valence-electron chi connectivity index (χ4n) is 5.41. The average molecular weight is 509 g/mol. The van der Waals surface area contributed by atoms with Gasteiger partial charge < -0.3 is 15.0 Å². The van der Waals surface area contributed by atoms with Crippen LogP contribution in [-0.2, 0) is 17.8 Å². The first-order valence-electron chi connectivity index (χ1n) is 14.0. The average Bonchev–Trinajstić information content (AvgIpc) is 3.76. The van der Waals surface area contributed by atoms with Crippen LogP contribution in [0, 0.1) is 27.7 Å². The number of aryl methyl sites for hydroxylation is 3. The predicted octanol–water partition coefficient (Wildman–Crippen LogP) is 6.48. The summed E-state index contributed by atoms with van der Waals surface area (Å²) in [6, 6.07) is 21.9. The summed E-state index contributed by atoms with van der Waals surface area (Å²) in [5, 5.41) is 3.45. The van der Waals surface area contributed by atoms with E-state index in [-0.39, 0.29) is 5.91 Å². The summed E-state index contributed by atoms with van der Waals surface area (Å²) in [4.78, 5) is 16.0. The van der Waals surface area contributed by atoms with Gasteiger partial charge >= 0.3 is 0 Å². The Labute approximate surface area is 227 Å². The zero-order valence-electron chi connectivity index (χ0n) is 23.3. The first-order chi connectivity index (χ1) is 18.4. The highest BCUT2D eigenvalue weighted by Gasteiger charge is 2.35. The molecule has 2 aliphatic rings. The molecule has 4 heteroatoms. The van der Waals surface area contributed by atoms with Crippen molar-refractivity contribution in [1.29, 1.82) is 0 Å². The lowest BCUT2D eigenvalue weighted by Gasteiger charge is -2.29. The molecule has 0 saturated heterocycles. The second-order valence-corrected chi connectivity index (χ2v) is 11.0. The Morgan fingerprint density at radius 2 is 1.74 bits per heavy atom. The summed E-state index contributed by atoms with van der Waals surface area (Å²) >= 11 is 0. The van der Waals surface area contributed by atoms with Crippen LogP contribution in [0.15, 0.2) is 66.2 Å². The first-order valence-corrected chi connectivity index (χ1v) is 14.0. The number of amides is 1. The highest BCUT2D eigenvalue weighted by molar-refractivity contribution is 6.02. The molecule has 1 saturated carbocycles. The van der Waals surface area contributed by atoms with E-state index in [4.69, 9.17) is 4.74 Å². The molecule has 1 N–H and O–H groups in total. The van der Waals surface area contributed by atoms with E-state index in [0.29, 0.717) is 25.7 Å². The Morgan fingerprint density at radius 1 is 0.974 bits per heavy atom. The molecule has 3 aromatic carbocycles. The van der Waals surface area contributed by atoms with Crippen molar-refractivity contribution in [2.24, 2.45) is 0 Å². The summed E-state index contributed by atoms with van der Waals surface area (Å²) in [5.41, 5.74) is 10.7. The van der Waals surface area contributed by atoms with Gasteiger partial charge in [0.1, 0.15) is 5.75 Å². The van der Waals surface area contributed by atoms with Gasteiger partial charge in [-0.3, -0.25) is 4.79 Å². The molecular weight excluding hydrogens is 468 g/mol. The molecule has 1 amide bonds. The summed E-state index contributed by atoms with van der Waals surface area (Å²) in [7, 11) is 0. The second-order valence-electron chi connectivity index (χ2n) is 11.0. The molecular formula is C34H40N2O2. The standard InChI is InChI=1S/C34H40N2O2/c1-23-19-25(3)26(4)33(20-23)38-18-16-27-9-11-28(12-10-27)31-15-17-35-21-32(31)34(37)36(30-13-14-30)22-29-8-6-5-7-24(29)2/h5-12,19-20,30,35H,13-18,21-22H2,1-4H3. The van der Waals surface area contributed by atoms with Gasteiger partial charge in [-0.05, 0) is 104 Å². The number of hydrogen-bond acceptors (Lipinski definition) is 3. The van der Waals surface area contributed by atoms with Crippen LogP contribution in [0.1, 0.15) is 58.2 Å². The minimum Gasteiger partial charge on any atom is -0.493 e. The largest absolute Gasteiger partial charge is 0.493 e. The molecule has 4 nitrogen and oxygen atoms in total. The highest BCUT2D eigenvalue weighted by Crippen LogP contribution is 2.33. The quantitative estimate of drug-likeness (QED) is 0.360. The normalized spacial score (nSPS) is 15.5. The Balaban J connectivity index is 1.30. The third kappa shape index (κ3) is 6.02. The van der Waals surface area contributed by atoms with Crippen molar-refractivity contribution >= 4 is 11.5 Å².